The molecule has 1 N–H and O–H groups in total. The van der Waals surface area contributed by atoms with E-state index in [1.165, 1.54) is 0 Å². The van der Waals surface area contributed by atoms with Crippen molar-refractivity contribution in [1.82, 2.24) is 15.3 Å². The molecule has 0 bridgehead atoms. The van der Waals surface area contributed by atoms with Gasteiger partial charge in [0.1, 0.15) is 0 Å². The SMILES string of the molecule is C=CCNCCC(=O)N(CC)N(CCC)CCC. The van der Waals surface area contributed by atoms with E-state index in [1.807, 2.05) is 18.0 Å². The molecular weight excluding hydrogens is 226 g/mol. The molecule has 0 aromatic rings. The Balaban J connectivity index is 4.23. The Bertz CT molecular complexity index is 225. The van der Waals surface area contributed by atoms with Gasteiger partial charge < -0.3 is 5.32 Å². The van der Waals surface area contributed by atoms with Gasteiger partial charge in [0.2, 0.25) is 5.91 Å². The molecule has 0 aromatic carbocycles. The van der Waals surface area contributed by atoms with Gasteiger partial charge >= 0.3 is 0 Å². The van der Waals surface area contributed by atoms with Crippen molar-refractivity contribution in [2.75, 3.05) is 32.7 Å². The first-order valence-corrected chi connectivity index (χ1v) is 7.07. The monoisotopic (exact) mass is 255 g/mol. The minimum Gasteiger partial charge on any atom is -0.313 e. The lowest BCUT2D eigenvalue weighted by Crippen LogP contribution is -2.47. The predicted molar refractivity (Wildman–Crippen MR) is 77.2 cm³/mol. The molecule has 4 nitrogen and oxygen atoms in total. The minimum absolute atomic E-state index is 0.205. The van der Waals surface area contributed by atoms with Crippen LogP contribution in [0.5, 0.6) is 0 Å². The van der Waals surface area contributed by atoms with Crippen molar-refractivity contribution in [2.24, 2.45) is 0 Å². The molecule has 0 aromatic heterocycles. The number of hydrogen-bond donors (Lipinski definition) is 1. The lowest BCUT2D eigenvalue weighted by atomic mass is 10.3. The van der Waals surface area contributed by atoms with Crippen LogP contribution in [0.2, 0.25) is 0 Å². The van der Waals surface area contributed by atoms with Crippen molar-refractivity contribution in [3.8, 4) is 0 Å². The summed E-state index contributed by atoms with van der Waals surface area (Å²) in [5.41, 5.74) is 0. The van der Waals surface area contributed by atoms with Crippen molar-refractivity contribution in [3.63, 3.8) is 0 Å². The molecule has 0 rings (SSSR count). The van der Waals surface area contributed by atoms with Gasteiger partial charge in [-0.25, -0.2) is 5.01 Å². The van der Waals surface area contributed by atoms with E-state index < -0.39 is 0 Å². The second-order valence-electron chi connectivity index (χ2n) is 4.31. The number of carbonyl (C=O) groups excluding carboxylic acids is 1. The Morgan fingerprint density at radius 3 is 2.28 bits per heavy atom. The number of nitrogens with zero attached hydrogens (tertiary/aromatic N) is 2. The van der Waals surface area contributed by atoms with Gasteiger partial charge in [-0.1, -0.05) is 19.9 Å². The molecule has 18 heavy (non-hydrogen) atoms. The van der Waals surface area contributed by atoms with Gasteiger partial charge in [0, 0.05) is 39.1 Å². The number of rotatable bonds is 11. The van der Waals surface area contributed by atoms with Crippen LogP contribution in [0, 0.1) is 0 Å². The molecule has 0 saturated carbocycles. The van der Waals surface area contributed by atoms with E-state index in [2.05, 4.69) is 30.8 Å². The smallest absolute Gasteiger partial charge is 0.238 e. The molecule has 0 fully saturated rings. The van der Waals surface area contributed by atoms with Crippen molar-refractivity contribution in [3.05, 3.63) is 12.7 Å². The summed E-state index contributed by atoms with van der Waals surface area (Å²) in [5.74, 6) is 0.205. The molecule has 0 atom stereocenters. The minimum atomic E-state index is 0.205. The first-order chi connectivity index (χ1) is 8.71. The van der Waals surface area contributed by atoms with Crippen molar-refractivity contribution in [1.29, 1.82) is 0 Å². The van der Waals surface area contributed by atoms with E-state index >= 15 is 0 Å². The van der Waals surface area contributed by atoms with Gasteiger partial charge in [0.25, 0.3) is 0 Å². The largest absolute Gasteiger partial charge is 0.313 e. The third-order valence-electron chi connectivity index (χ3n) is 2.70. The number of hydrazine groups is 1. The summed E-state index contributed by atoms with van der Waals surface area (Å²) >= 11 is 0. The fourth-order valence-electron chi connectivity index (χ4n) is 1.93. The molecule has 0 saturated heterocycles. The molecule has 0 aliphatic carbocycles. The van der Waals surface area contributed by atoms with E-state index in [0.717, 1.165) is 39.0 Å². The number of amides is 1. The van der Waals surface area contributed by atoms with E-state index in [1.54, 1.807) is 0 Å². The van der Waals surface area contributed by atoms with Crippen molar-refractivity contribution in [2.45, 2.75) is 40.0 Å². The molecular formula is C14H29N3O. The molecule has 0 radical (unpaired) electrons. The molecule has 0 heterocycles. The summed E-state index contributed by atoms with van der Waals surface area (Å²) in [6.45, 7) is 14.1. The summed E-state index contributed by atoms with van der Waals surface area (Å²) in [5, 5.41) is 7.23. The van der Waals surface area contributed by atoms with Crippen LogP contribution >= 0.6 is 0 Å². The first-order valence-electron chi connectivity index (χ1n) is 7.07. The zero-order valence-electron chi connectivity index (χ0n) is 12.2. The summed E-state index contributed by atoms with van der Waals surface area (Å²) < 4.78 is 0. The van der Waals surface area contributed by atoms with Gasteiger partial charge in [0.05, 0.1) is 0 Å². The number of carbonyl (C=O) groups is 1. The molecule has 0 unspecified atom stereocenters. The van der Waals surface area contributed by atoms with E-state index in [0.29, 0.717) is 13.0 Å². The fourth-order valence-corrected chi connectivity index (χ4v) is 1.93. The molecule has 1 amide bonds. The van der Waals surface area contributed by atoms with Gasteiger partial charge in [0.15, 0.2) is 0 Å². The summed E-state index contributed by atoms with van der Waals surface area (Å²) in [6.07, 6.45) is 4.49. The third kappa shape index (κ3) is 6.77. The zero-order chi connectivity index (χ0) is 13.8. The van der Waals surface area contributed by atoms with Gasteiger partial charge in [-0.2, -0.15) is 0 Å². The standard InChI is InChI=1S/C14H29N3O/c1-5-10-15-11-9-14(18)17(8-4)16(12-6-2)13-7-3/h5,15H,1,6-13H2,2-4H3. The lowest BCUT2D eigenvalue weighted by Gasteiger charge is -2.34. The molecule has 0 aliphatic heterocycles. The maximum absolute atomic E-state index is 12.1. The van der Waals surface area contributed by atoms with Crippen LogP contribution in [0.1, 0.15) is 40.0 Å². The Morgan fingerprint density at radius 1 is 1.22 bits per heavy atom. The maximum Gasteiger partial charge on any atom is 0.238 e. The van der Waals surface area contributed by atoms with Crippen molar-refractivity contribution < 1.29 is 4.79 Å². The van der Waals surface area contributed by atoms with E-state index in [-0.39, 0.29) is 5.91 Å². The van der Waals surface area contributed by atoms with E-state index in [9.17, 15) is 4.79 Å². The average Bonchev–Trinajstić information content (AvgIpc) is 2.36. The topological polar surface area (TPSA) is 35.6 Å². The zero-order valence-corrected chi connectivity index (χ0v) is 12.2. The predicted octanol–water partition coefficient (Wildman–Crippen LogP) is 2.04. The Labute approximate surface area is 112 Å². The molecule has 4 heteroatoms. The molecule has 0 aliphatic rings. The summed E-state index contributed by atoms with van der Waals surface area (Å²) in [6, 6.07) is 0. The molecule has 106 valence electrons. The van der Waals surface area contributed by atoms with Crippen molar-refractivity contribution >= 4 is 5.91 Å². The van der Waals surface area contributed by atoms with Crippen LogP contribution in [0.25, 0.3) is 0 Å². The highest BCUT2D eigenvalue weighted by atomic mass is 16.2. The Morgan fingerprint density at radius 2 is 1.83 bits per heavy atom. The Hall–Kier alpha value is -0.870. The van der Waals surface area contributed by atoms with Crippen LogP contribution in [0.3, 0.4) is 0 Å². The third-order valence-corrected chi connectivity index (χ3v) is 2.70. The Kier molecular flexibility index (Phi) is 10.7. The summed E-state index contributed by atoms with van der Waals surface area (Å²) in [7, 11) is 0. The van der Waals surface area contributed by atoms with E-state index in [4.69, 9.17) is 0 Å². The first kappa shape index (κ1) is 17.1. The maximum atomic E-state index is 12.1. The number of hydrogen-bond acceptors (Lipinski definition) is 3. The van der Waals surface area contributed by atoms with Crippen LogP contribution in [0.15, 0.2) is 12.7 Å². The van der Waals surface area contributed by atoms with Crippen LogP contribution in [-0.4, -0.2) is 48.6 Å². The van der Waals surface area contributed by atoms with Crippen LogP contribution in [-0.2, 0) is 4.79 Å². The quantitative estimate of drug-likeness (QED) is 0.349. The van der Waals surface area contributed by atoms with Gasteiger partial charge in [-0.15, -0.1) is 6.58 Å². The van der Waals surface area contributed by atoms with Gasteiger partial charge in [-0.05, 0) is 19.8 Å². The van der Waals surface area contributed by atoms with Crippen LogP contribution < -0.4 is 5.32 Å². The second kappa shape index (κ2) is 11.2. The highest BCUT2D eigenvalue weighted by molar-refractivity contribution is 5.75. The average molecular weight is 255 g/mol. The van der Waals surface area contributed by atoms with Gasteiger partial charge in [-0.3, -0.25) is 9.80 Å². The normalized spacial score (nSPS) is 10.7. The fraction of sp³-hybridized carbons (Fsp3) is 0.786. The second-order valence-corrected chi connectivity index (χ2v) is 4.31. The molecule has 0 spiro atoms. The lowest BCUT2D eigenvalue weighted by molar-refractivity contribution is -0.148. The highest BCUT2D eigenvalue weighted by Crippen LogP contribution is 2.04. The highest BCUT2D eigenvalue weighted by Gasteiger charge is 2.17. The van der Waals surface area contributed by atoms with Crippen LogP contribution in [0.4, 0.5) is 0 Å². The number of nitrogens with one attached hydrogen (secondary N) is 1. The summed E-state index contributed by atoms with van der Waals surface area (Å²) in [4.78, 5) is 12.1.